The van der Waals surface area contributed by atoms with Crippen molar-refractivity contribution in [3.63, 3.8) is 0 Å². The Morgan fingerprint density at radius 3 is 2.84 bits per heavy atom. The maximum Gasteiger partial charge on any atom is 0.256 e. The lowest BCUT2D eigenvalue weighted by Crippen LogP contribution is -2.24. The van der Waals surface area contributed by atoms with Crippen LogP contribution >= 0.6 is 0 Å². The third kappa shape index (κ3) is 3.68. The Morgan fingerprint density at radius 1 is 1.16 bits per heavy atom. The Hall–Kier alpha value is -3.94. The summed E-state index contributed by atoms with van der Waals surface area (Å²) in [6, 6.07) is 12.6. The normalized spacial score (nSPS) is 13.1. The first kappa shape index (κ1) is 19.0. The number of aryl methyl sites for hydroxylation is 2. The topological polar surface area (TPSA) is 106 Å². The highest BCUT2D eigenvalue weighted by Crippen LogP contribution is 2.25. The molecule has 0 bridgehead atoms. The first-order valence-electron chi connectivity index (χ1n) is 10.2. The predicted octanol–water partition coefficient (Wildman–Crippen LogP) is 3.66. The minimum absolute atomic E-state index is 0.161. The summed E-state index contributed by atoms with van der Waals surface area (Å²) < 4.78 is 6.91. The summed E-state index contributed by atoms with van der Waals surface area (Å²) in [7, 11) is 0. The number of hydrogen-bond donors (Lipinski definition) is 2. The van der Waals surface area contributed by atoms with E-state index < -0.39 is 0 Å². The number of fused-ring (bicyclic) bond motifs is 1. The maximum absolute atomic E-state index is 12.9. The van der Waals surface area contributed by atoms with E-state index >= 15 is 0 Å². The molecular formula is C23H21N5O3. The van der Waals surface area contributed by atoms with Gasteiger partial charge >= 0.3 is 0 Å². The highest BCUT2D eigenvalue weighted by molar-refractivity contribution is 6.04. The Labute approximate surface area is 178 Å². The van der Waals surface area contributed by atoms with Crippen LogP contribution in [0.5, 0.6) is 0 Å². The Bertz CT molecular complexity index is 1320. The van der Waals surface area contributed by atoms with Crippen LogP contribution in [0.2, 0.25) is 0 Å². The average Bonchev–Trinajstić information content (AvgIpc) is 3.44. The molecule has 4 aromatic rings. The molecule has 0 saturated carbocycles. The highest BCUT2D eigenvalue weighted by atomic mass is 16.3. The molecule has 0 atom stereocenters. The van der Waals surface area contributed by atoms with Crippen molar-refractivity contribution in [3.05, 3.63) is 81.5 Å². The van der Waals surface area contributed by atoms with Crippen LogP contribution in [0.4, 0.5) is 5.82 Å². The minimum Gasteiger partial charge on any atom is -0.463 e. The number of H-pyrrole nitrogens is 1. The predicted molar refractivity (Wildman–Crippen MR) is 115 cm³/mol. The van der Waals surface area contributed by atoms with Gasteiger partial charge in [-0.3, -0.25) is 14.6 Å². The van der Waals surface area contributed by atoms with Crippen molar-refractivity contribution in [2.24, 2.45) is 0 Å². The summed E-state index contributed by atoms with van der Waals surface area (Å²) in [4.78, 5) is 33.0. The second-order valence-electron chi connectivity index (χ2n) is 7.65. The second-order valence-corrected chi connectivity index (χ2v) is 7.65. The van der Waals surface area contributed by atoms with Gasteiger partial charge in [-0.15, -0.1) is 0 Å². The number of hydrogen-bond acceptors (Lipinski definition) is 5. The first-order valence-corrected chi connectivity index (χ1v) is 10.2. The number of nitrogens with zero attached hydrogens (tertiary/aromatic N) is 3. The Balaban J connectivity index is 1.59. The summed E-state index contributed by atoms with van der Waals surface area (Å²) in [5.41, 5.74) is 3.39. The highest BCUT2D eigenvalue weighted by Gasteiger charge is 2.21. The van der Waals surface area contributed by atoms with Crippen LogP contribution < -0.4 is 10.9 Å². The fourth-order valence-electron chi connectivity index (χ4n) is 3.84. The van der Waals surface area contributed by atoms with Gasteiger partial charge in [0.2, 0.25) is 5.95 Å². The van der Waals surface area contributed by atoms with Crippen molar-refractivity contribution >= 4 is 11.7 Å². The van der Waals surface area contributed by atoms with Crippen molar-refractivity contribution in [2.75, 3.05) is 5.32 Å². The number of aromatic amines is 1. The lowest BCUT2D eigenvalue weighted by atomic mass is 9.97. The van der Waals surface area contributed by atoms with E-state index in [9.17, 15) is 9.59 Å². The number of benzene rings is 1. The molecule has 31 heavy (non-hydrogen) atoms. The largest absolute Gasteiger partial charge is 0.463 e. The molecule has 1 amide bonds. The van der Waals surface area contributed by atoms with Crippen LogP contribution in [-0.2, 0) is 12.8 Å². The fraction of sp³-hybridized carbons (Fsp3) is 0.217. The van der Waals surface area contributed by atoms with Gasteiger partial charge < -0.3 is 9.73 Å². The zero-order valence-electron chi connectivity index (χ0n) is 17.0. The second kappa shape index (κ2) is 7.71. The van der Waals surface area contributed by atoms with E-state index in [1.165, 1.54) is 4.68 Å². The number of anilines is 1. The van der Waals surface area contributed by atoms with Crippen LogP contribution in [0, 0.1) is 6.92 Å². The van der Waals surface area contributed by atoms with E-state index in [-0.39, 0.29) is 17.4 Å². The molecular weight excluding hydrogens is 394 g/mol. The van der Waals surface area contributed by atoms with Gasteiger partial charge in [-0.2, -0.15) is 9.78 Å². The van der Waals surface area contributed by atoms with E-state index in [0.29, 0.717) is 22.8 Å². The number of carbonyl (C=O) groups excluding carboxylic acids is 1. The van der Waals surface area contributed by atoms with Gasteiger partial charge in [0, 0.05) is 17.2 Å². The number of furan rings is 1. The van der Waals surface area contributed by atoms with Crippen molar-refractivity contribution in [2.45, 2.75) is 32.6 Å². The lowest BCUT2D eigenvalue weighted by Gasteiger charge is -2.15. The number of amides is 1. The fourth-order valence-corrected chi connectivity index (χ4v) is 3.84. The molecule has 0 aliphatic heterocycles. The Morgan fingerprint density at radius 2 is 2.03 bits per heavy atom. The number of nitrogens with one attached hydrogen (secondary N) is 2. The molecule has 3 aromatic heterocycles. The third-order valence-corrected chi connectivity index (χ3v) is 5.38. The molecule has 0 fully saturated rings. The van der Waals surface area contributed by atoms with Crippen LogP contribution in [-0.4, -0.2) is 25.7 Å². The van der Waals surface area contributed by atoms with E-state index in [1.807, 2.05) is 25.1 Å². The number of aromatic nitrogens is 4. The summed E-state index contributed by atoms with van der Waals surface area (Å²) in [6.07, 6.45) is 5.02. The van der Waals surface area contributed by atoms with E-state index in [2.05, 4.69) is 20.4 Å². The molecule has 0 spiro atoms. The van der Waals surface area contributed by atoms with Crippen LogP contribution in [0.1, 0.15) is 40.0 Å². The molecule has 1 aliphatic rings. The standard InChI is InChI=1S/C23H21N5O3/c1-14-6-4-7-15(12-14)21(29)25-20-13-18(19-10-5-11-31-19)27-28(20)23-24-17-9-3-2-8-16(17)22(30)26-23/h4-7,10-13H,2-3,8-9H2,1H3,(H,25,29)(H,24,26,30). The molecule has 1 aromatic carbocycles. The maximum atomic E-state index is 12.9. The van der Waals surface area contributed by atoms with E-state index in [1.54, 1.807) is 30.5 Å². The number of rotatable bonds is 4. The van der Waals surface area contributed by atoms with Crippen molar-refractivity contribution < 1.29 is 9.21 Å². The summed E-state index contributed by atoms with van der Waals surface area (Å²) >= 11 is 0. The quantitative estimate of drug-likeness (QED) is 0.529. The van der Waals surface area contributed by atoms with Gasteiger partial charge in [-0.05, 0) is 56.9 Å². The molecule has 5 rings (SSSR count). The van der Waals surface area contributed by atoms with Crippen molar-refractivity contribution in [1.29, 1.82) is 0 Å². The molecule has 0 radical (unpaired) electrons. The molecule has 2 N–H and O–H groups in total. The van der Waals surface area contributed by atoms with Crippen LogP contribution in [0.25, 0.3) is 17.4 Å². The zero-order chi connectivity index (χ0) is 21.4. The molecule has 0 unspecified atom stereocenters. The van der Waals surface area contributed by atoms with Crippen molar-refractivity contribution in [3.8, 4) is 17.4 Å². The van der Waals surface area contributed by atoms with Gasteiger partial charge in [0.1, 0.15) is 11.5 Å². The molecule has 8 nitrogen and oxygen atoms in total. The smallest absolute Gasteiger partial charge is 0.256 e. The number of carbonyl (C=O) groups is 1. The van der Waals surface area contributed by atoms with Gasteiger partial charge in [0.15, 0.2) is 5.76 Å². The third-order valence-electron chi connectivity index (χ3n) is 5.38. The van der Waals surface area contributed by atoms with Gasteiger partial charge in [0.25, 0.3) is 11.5 Å². The molecule has 8 heteroatoms. The molecule has 0 saturated heterocycles. The van der Waals surface area contributed by atoms with Crippen molar-refractivity contribution in [1.82, 2.24) is 19.7 Å². The molecule has 3 heterocycles. The van der Waals surface area contributed by atoms with Gasteiger partial charge in [-0.1, -0.05) is 17.7 Å². The monoisotopic (exact) mass is 415 g/mol. The Kier molecular flexibility index (Phi) is 4.74. The SMILES string of the molecule is Cc1cccc(C(=O)Nc2cc(-c3ccco3)nn2-c2nc3c(c(=O)[nH]2)CCCC3)c1. The summed E-state index contributed by atoms with van der Waals surface area (Å²) in [5.74, 6) is 0.918. The molecule has 156 valence electrons. The zero-order valence-corrected chi connectivity index (χ0v) is 17.0. The van der Waals surface area contributed by atoms with Gasteiger partial charge in [-0.25, -0.2) is 4.98 Å². The minimum atomic E-state index is -0.281. The van der Waals surface area contributed by atoms with E-state index in [4.69, 9.17) is 4.42 Å². The van der Waals surface area contributed by atoms with E-state index in [0.717, 1.165) is 42.5 Å². The lowest BCUT2D eigenvalue weighted by molar-refractivity contribution is 0.102. The van der Waals surface area contributed by atoms with Gasteiger partial charge in [0.05, 0.1) is 12.0 Å². The van der Waals surface area contributed by atoms with Crippen LogP contribution in [0.15, 0.2) is 57.9 Å². The molecule has 1 aliphatic carbocycles. The summed E-state index contributed by atoms with van der Waals surface area (Å²) in [6.45, 7) is 1.93. The first-order chi connectivity index (χ1) is 15.1. The van der Waals surface area contributed by atoms with Crippen LogP contribution in [0.3, 0.4) is 0 Å². The summed E-state index contributed by atoms with van der Waals surface area (Å²) in [5, 5.41) is 7.45. The average molecular weight is 415 g/mol.